The molecule has 1 amide bonds. The van der Waals surface area contributed by atoms with Crippen LogP contribution in [0.1, 0.15) is 38.9 Å². The number of hydrogen-bond donors (Lipinski definition) is 1. The highest BCUT2D eigenvalue weighted by atomic mass is 16.5. The van der Waals surface area contributed by atoms with Gasteiger partial charge in [0.1, 0.15) is 11.6 Å². The highest BCUT2D eigenvalue weighted by Gasteiger charge is 2.12. The van der Waals surface area contributed by atoms with Gasteiger partial charge in [-0.1, -0.05) is 6.92 Å². The molecule has 8 nitrogen and oxygen atoms in total. The number of rotatable bonds is 9. The number of ether oxygens (including phenoxy) is 1. The Morgan fingerprint density at radius 2 is 1.93 bits per heavy atom. The van der Waals surface area contributed by atoms with Gasteiger partial charge in [0, 0.05) is 37.5 Å². The Morgan fingerprint density at radius 3 is 2.64 bits per heavy atom. The van der Waals surface area contributed by atoms with Crippen molar-refractivity contribution in [3.8, 4) is 11.4 Å². The van der Waals surface area contributed by atoms with Gasteiger partial charge in [-0.3, -0.25) is 18.6 Å². The average Bonchev–Trinajstić information content (AvgIpc) is 3.12. The summed E-state index contributed by atoms with van der Waals surface area (Å²) in [6.45, 7) is 5.22. The van der Waals surface area contributed by atoms with Crippen molar-refractivity contribution < 1.29 is 9.53 Å². The van der Waals surface area contributed by atoms with E-state index >= 15 is 0 Å². The molecule has 148 valence electrons. The average molecular weight is 383 g/mol. The molecule has 2 heterocycles. The van der Waals surface area contributed by atoms with E-state index in [4.69, 9.17) is 4.74 Å². The highest BCUT2D eigenvalue weighted by Crippen LogP contribution is 2.14. The number of aromatic nitrogens is 4. The molecule has 0 aliphatic heterocycles. The number of nitrogens with zero attached hydrogens (tertiary/aromatic N) is 4. The van der Waals surface area contributed by atoms with E-state index in [0.717, 1.165) is 17.9 Å². The van der Waals surface area contributed by atoms with Gasteiger partial charge in [-0.25, -0.2) is 0 Å². The molecular formula is C20H25N5O3. The normalized spacial score (nSPS) is 10.9. The van der Waals surface area contributed by atoms with Gasteiger partial charge in [0.15, 0.2) is 0 Å². The Labute approximate surface area is 163 Å². The van der Waals surface area contributed by atoms with Gasteiger partial charge in [0.25, 0.3) is 0 Å². The second-order valence-corrected chi connectivity index (χ2v) is 6.41. The standard InChI is InChI=1S/C20H25N5O3/c1-3-12-21-18(26)7-5-6-17-22-23-19-20(27)24(13-14-25(17)19)15-8-10-16(11-9-15)28-4-2/h8-11,13-14H,3-7,12H2,1-2H3,(H,21,26). The van der Waals surface area contributed by atoms with Crippen LogP contribution in [0.4, 0.5) is 0 Å². The third-order valence-electron chi connectivity index (χ3n) is 4.34. The first kappa shape index (κ1) is 19.6. The van der Waals surface area contributed by atoms with Crippen LogP contribution in [0.2, 0.25) is 0 Å². The molecule has 2 aromatic heterocycles. The molecule has 8 heteroatoms. The van der Waals surface area contributed by atoms with Gasteiger partial charge in [-0.05, 0) is 44.0 Å². The lowest BCUT2D eigenvalue weighted by Gasteiger charge is -2.08. The quantitative estimate of drug-likeness (QED) is 0.611. The molecule has 3 rings (SSSR count). The maximum Gasteiger partial charge on any atom is 0.300 e. The van der Waals surface area contributed by atoms with E-state index in [1.807, 2.05) is 38.1 Å². The van der Waals surface area contributed by atoms with Crippen LogP contribution in [0.5, 0.6) is 5.75 Å². The van der Waals surface area contributed by atoms with Crippen molar-refractivity contribution in [2.24, 2.45) is 0 Å². The highest BCUT2D eigenvalue weighted by molar-refractivity contribution is 5.75. The number of carbonyl (C=O) groups is 1. The third kappa shape index (κ3) is 4.39. The summed E-state index contributed by atoms with van der Waals surface area (Å²) in [5.41, 5.74) is 0.751. The minimum atomic E-state index is -0.244. The topological polar surface area (TPSA) is 90.5 Å². The van der Waals surface area contributed by atoms with E-state index in [2.05, 4.69) is 15.5 Å². The summed E-state index contributed by atoms with van der Waals surface area (Å²) in [5.74, 6) is 1.47. The predicted octanol–water partition coefficient (Wildman–Crippen LogP) is 2.13. The predicted molar refractivity (Wildman–Crippen MR) is 106 cm³/mol. The maximum absolute atomic E-state index is 12.8. The van der Waals surface area contributed by atoms with Gasteiger partial charge in [-0.2, -0.15) is 0 Å². The fourth-order valence-electron chi connectivity index (χ4n) is 2.94. The van der Waals surface area contributed by atoms with Crippen molar-refractivity contribution in [1.29, 1.82) is 0 Å². The third-order valence-corrected chi connectivity index (χ3v) is 4.34. The summed E-state index contributed by atoms with van der Waals surface area (Å²) in [6, 6.07) is 7.31. The smallest absolute Gasteiger partial charge is 0.300 e. The van der Waals surface area contributed by atoms with E-state index in [-0.39, 0.29) is 17.1 Å². The largest absolute Gasteiger partial charge is 0.494 e. The van der Waals surface area contributed by atoms with Crippen molar-refractivity contribution in [3.63, 3.8) is 0 Å². The van der Waals surface area contributed by atoms with Crippen LogP contribution in [-0.4, -0.2) is 38.2 Å². The SMILES string of the molecule is CCCNC(=O)CCCc1nnc2c(=O)n(-c3ccc(OCC)cc3)ccn12. The minimum absolute atomic E-state index is 0.0357. The Kier molecular flexibility index (Phi) is 6.41. The van der Waals surface area contributed by atoms with Crippen LogP contribution < -0.4 is 15.6 Å². The van der Waals surface area contributed by atoms with Crippen LogP contribution in [0.3, 0.4) is 0 Å². The summed E-state index contributed by atoms with van der Waals surface area (Å²) < 4.78 is 8.66. The summed E-state index contributed by atoms with van der Waals surface area (Å²) >= 11 is 0. The van der Waals surface area contributed by atoms with Crippen LogP contribution in [0.25, 0.3) is 11.3 Å². The Bertz CT molecular complexity index is 991. The number of carbonyl (C=O) groups excluding carboxylic acids is 1. The van der Waals surface area contributed by atoms with Gasteiger partial charge >= 0.3 is 5.56 Å². The first-order chi connectivity index (χ1) is 13.6. The molecule has 0 spiro atoms. The molecule has 1 aromatic carbocycles. The van der Waals surface area contributed by atoms with Crippen LogP contribution in [0.15, 0.2) is 41.5 Å². The van der Waals surface area contributed by atoms with E-state index in [9.17, 15) is 9.59 Å². The molecule has 28 heavy (non-hydrogen) atoms. The molecule has 0 aliphatic rings. The molecular weight excluding hydrogens is 358 g/mol. The second kappa shape index (κ2) is 9.16. The summed E-state index contributed by atoms with van der Waals surface area (Å²) in [6.07, 6.45) is 6.05. The van der Waals surface area contributed by atoms with Gasteiger partial charge in [-0.15, -0.1) is 10.2 Å². The lowest BCUT2D eigenvalue weighted by molar-refractivity contribution is -0.121. The lowest BCUT2D eigenvalue weighted by Crippen LogP contribution is -2.23. The molecule has 1 N–H and O–H groups in total. The zero-order valence-corrected chi connectivity index (χ0v) is 16.2. The molecule has 0 fully saturated rings. The maximum atomic E-state index is 12.8. The van der Waals surface area contributed by atoms with Crippen LogP contribution in [-0.2, 0) is 11.2 Å². The van der Waals surface area contributed by atoms with E-state index in [0.29, 0.717) is 38.2 Å². The number of nitrogens with one attached hydrogen (secondary N) is 1. The molecule has 0 bridgehead atoms. The minimum Gasteiger partial charge on any atom is -0.494 e. The summed E-state index contributed by atoms with van der Waals surface area (Å²) in [7, 11) is 0. The molecule has 3 aromatic rings. The van der Waals surface area contributed by atoms with E-state index < -0.39 is 0 Å². The van der Waals surface area contributed by atoms with Crippen molar-refractivity contribution in [3.05, 3.63) is 52.8 Å². The van der Waals surface area contributed by atoms with Crippen molar-refractivity contribution in [1.82, 2.24) is 24.5 Å². The fourth-order valence-corrected chi connectivity index (χ4v) is 2.94. The van der Waals surface area contributed by atoms with Crippen molar-refractivity contribution in [2.75, 3.05) is 13.2 Å². The van der Waals surface area contributed by atoms with Gasteiger partial charge < -0.3 is 10.1 Å². The van der Waals surface area contributed by atoms with E-state index in [1.54, 1.807) is 16.8 Å². The van der Waals surface area contributed by atoms with Gasteiger partial charge in [0.2, 0.25) is 11.6 Å². The van der Waals surface area contributed by atoms with Crippen LogP contribution >= 0.6 is 0 Å². The Hall–Kier alpha value is -3.16. The first-order valence-corrected chi connectivity index (χ1v) is 9.59. The first-order valence-electron chi connectivity index (χ1n) is 9.59. The lowest BCUT2D eigenvalue weighted by atomic mass is 10.2. The Morgan fingerprint density at radius 1 is 1.14 bits per heavy atom. The van der Waals surface area contributed by atoms with Crippen molar-refractivity contribution >= 4 is 11.6 Å². The zero-order valence-electron chi connectivity index (χ0n) is 16.2. The number of aryl methyl sites for hydroxylation is 1. The number of fused-ring (bicyclic) bond motifs is 1. The molecule has 0 radical (unpaired) electrons. The molecule has 0 aliphatic carbocycles. The molecule has 0 saturated carbocycles. The number of benzene rings is 1. The summed E-state index contributed by atoms with van der Waals surface area (Å²) in [5, 5.41) is 11.0. The monoisotopic (exact) mass is 383 g/mol. The number of amides is 1. The zero-order chi connectivity index (χ0) is 19.9. The second-order valence-electron chi connectivity index (χ2n) is 6.41. The molecule has 0 saturated heterocycles. The number of hydrogen-bond acceptors (Lipinski definition) is 5. The fraction of sp³-hybridized carbons (Fsp3) is 0.400. The van der Waals surface area contributed by atoms with Crippen LogP contribution in [0, 0.1) is 0 Å². The van der Waals surface area contributed by atoms with E-state index in [1.165, 1.54) is 4.57 Å². The van der Waals surface area contributed by atoms with Gasteiger partial charge in [0.05, 0.1) is 6.61 Å². The summed E-state index contributed by atoms with van der Waals surface area (Å²) in [4.78, 5) is 24.5. The Balaban J connectivity index is 1.74. The molecule has 0 atom stereocenters. The molecule has 0 unspecified atom stereocenters. The van der Waals surface area contributed by atoms with Crippen molar-refractivity contribution in [2.45, 2.75) is 39.5 Å².